The van der Waals surface area contributed by atoms with E-state index in [9.17, 15) is 9.90 Å². The Balaban J connectivity index is 1.49. The summed E-state index contributed by atoms with van der Waals surface area (Å²) in [4.78, 5) is 14.9. The molecule has 0 unspecified atom stereocenters. The van der Waals surface area contributed by atoms with Crippen LogP contribution in [0.5, 0.6) is 5.75 Å². The summed E-state index contributed by atoms with van der Waals surface area (Å²) in [6, 6.07) is 5.69. The molecular formula is C18H26N2O2. The van der Waals surface area contributed by atoms with Gasteiger partial charge in [0.05, 0.1) is 0 Å². The van der Waals surface area contributed by atoms with Crippen molar-refractivity contribution in [1.82, 2.24) is 10.2 Å². The molecule has 0 radical (unpaired) electrons. The summed E-state index contributed by atoms with van der Waals surface area (Å²) in [7, 11) is 0. The maximum Gasteiger partial charge on any atom is 0.251 e. The average molecular weight is 302 g/mol. The highest BCUT2D eigenvalue weighted by Crippen LogP contribution is 2.28. The molecule has 1 aliphatic carbocycles. The minimum atomic E-state index is -0.0307. The van der Waals surface area contributed by atoms with E-state index in [1.165, 1.54) is 38.6 Å². The lowest BCUT2D eigenvalue weighted by atomic mass is 10.1. The molecule has 2 N–H and O–H groups in total. The molecule has 4 nitrogen and oxygen atoms in total. The van der Waals surface area contributed by atoms with E-state index in [1.54, 1.807) is 18.2 Å². The highest BCUT2D eigenvalue weighted by atomic mass is 16.3. The van der Waals surface area contributed by atoms with Gasteiger partial charge < -0.3 is 15.3 Å². The fraction of sp³-hybridized carbons (Fsp3) is 0.611. The average Bonchev–Trinajstić information content (AvgIpc) is 3.16. The van der Waals surface area contributed by atoms with Crippen molar-refractivity contribution in [2.75, 3.05) is 19.6 Å². The molecule has 4 heteroatoms. The standard InChI is InChI=1S/C18H26N2O2/c1-13-10-16(21)6-7-17(13)18(22)19-11-14-8-9-20(12-14)15-4-2-3-5-15/h6-7,10,14-15,21H,2-5,8-9,11-12H2,1H3,(H,19,22)/t14-/m0/s1. The quantitative estimate of drug-likeness (QED) is 0.899. The Hall–Kier alpha value is -1.55. The van der Waals surface area contributed by atoms with Crippen molar-refractivity contribution in [2.45, 2.75) is 45.1 Å². The number of amides is 1. The number of phenols is 1. The van der Waals surface area contributed by atoms with Gasteiger partial charge in [-0.2, -0.15) is 0 Å². The Morgan fingerprint density at radius 1 is 1.32 bits per heavy atom. The van der Waals surface area contributed by atoms with E-state index in [0.29, 0.717) is 11.5 Å². The minimum absolute atomic E-state index is 0.0307. The van der Waals surface area contributed by atoms with Gasteiger partial charge in [-0.25, -0.2) is 0 Å². The van der Waals surface area contributed by atoms with E-state index < -0.39 is 0 Å². The number of nitrogens with zero attached hydrogens (tertiary/aromatic N) is 1. The van der Waals surface area contributed by atoms with E-state index in [1.807, 2.05) is 6.92 Å². The first-order valence-electron chi connectivity index (χ1n) is 8.45. The second-order valence-electron chi connectivity index (χ2n) is 6.80. The van der Waals surface area contributed by atoms with Crippen LogP contribution in [0.15, 0.2) is 18.2 Å². The summed E-state index contributed by atoms with van der Waals surface area (Å²) >= 11 is 0. The lowest BCUT2D eigenvalue weighted by molar-refractivity contribution is 0.0946. The zero-order valence-corrected chi connectivity index (χ0v) is 13.3. The molecule has 2 aliphatic rings. The zero-order chi connectivity index (χ0) is 15.5. The Morgan fingerprint density at radius 2 is 2.09 bits per heavy atom. The van der Waals surface area contributed by atoms with Gasteiger partial charge >= 0.3 is 0 Å². The molecule has 3 rings (SSSR count). The number of aryl methyl sites for hydroxylation is 1. The predicted octanol–water partition coefficient (Wildman–Crippen LogP) is 2.69. The van der Waals surface area contributed by atoms with Crippen LogP contribution in [0.4, 0.5) is 0 Å². The lowest BCUT2D eigenvalue weighted by Gasteiger charge is -2.23. The van der Waals surface area contributed by atoms with Gasteiger partial charge in [-0.15, -0.1) is 0 Å². The molecule has 1 aliphatic heterocycles. The van der Waals surface area contributed by atoms with Crippen LogP contribution in [-0.2, 0) is 0 Å². The number of aromatic hydroxyl groups is 1. The lowest BCUT2D eigenvalue weighted by Crippen LogP contribution is -2.34. The SMILES string of the molecule is Cc1cc(O)ccc1C(=O)NC[C@@H]1CCN(C2CCCC2)C1. The Bertz CT molecular complexity index is 538. The maximum atomic E-state index is 12.3. The highest BCUT2D eigenvalue weighted by Gasteiger charge is 2.29. The van der Waals surface area contributed by atoms with Crippen LogP contribution in [0.1, 0.15) is 48.0 Å². The van der Waals surface area contributed by atoms with E-state index in [0.717, 1.165) is 24.7 Å². The number of rotatable bonds is 4. The molecule has 120 valence electrons. The first kappa shape index (κ1) is 15.3. The van der Waals surface area contributed by atoms with Crippen LogP contribution in [0, 0.1) is 12.8 Å². The van der Waals surface area contributed by atoms with Gasteiger partial charge in [-0.1, -0.05) is 12.8 Å². The summed E-state index contributed by atoms with van der Waals surface area (Å²) in [6.07, 6.45) is 6.65. The zero-order valence-electron chi connectivity index (χ0n) is 13.3. The number of likely N-dealkylation sites (tertiary alicyclic amines) is 1. The Kier molecular flexibility index (Phi) is 4.67. The van der Waals surface area contributed by atoms with Crippen LogP contribution in [0.2, 0.25) is 0 Å². The Labute approximate surface area is 132 Å². The van der Waals surface area contributed by atoms with Crippen molar-refractivity contribution in [1.29, 1.82) is 0 Å². The van der Waals surface area contributed by atoms with E-state index in [-0.39, 0.29) is 11.7 Å². The van der Waals surface area contributed by atoms with Crippen LogP contribution in [0.3, 0.4) is 0 Å². The molecule has 2 fully saturated rings. The Morgan fingerprint density at radius 3 is 2.82 bits per heavy atom. The molecule has 1 aromatic rings. The van der Waals surface area contributed by atoms with Gasteiger partial charge in [0.1, 0.15) is 5.75 Å². The minimum Gasteiger partial charge on any atom is -0.508 e. The molecule has 22 heavy (non-hydrogen) atoms. The van der Waals surface area contributed by atoms with Crippen molar-refractivity contribution < 1.29 is 9.90 Å². The van der Waals surface area contributed by atoms with Gasteiger partial charge in [0.2, 0.25) is 0 Å². The molecule has 0 spiro atoms. The third-order valence-electron chi connectivity index (χ3n) is 5.16. The number of nitrogens with one attached hydrogen (secondary N) is 1. The normalized spacial score (nSPS) is 23.0. The van der Waals surface area contributed by atoms with Gasteiger partial charge in [-0.05, 0) is 62.4 Å². The molecule has 1 atom stereocenters. The number of carbonyl (C=O) groups excluding carboxylic acids is 1. The maximum absolute atomic E-state index is 12.3. The third-order valence-corrected chi connectivity index (χ3v) is 5.16. The first-order chi connectivity index (χ1) is 10.6. The molecule has 0 aromatic heterocycles. The van der Waals surface area contributed by atoms with Gasteiger partial charge in [-0.3, -0.25) is 4.79 Å². The molecule has 1 aromatic carbocycles. The largest absolute Gasteiger partial charge is 0.508 e. The van der Waals surface area contributed by atoms with Gasteiger partial charge in [0, 0.05) is 24.7 Å². The smallest absolute Gasteiger partial charge is 0.251 e. The number of benzene rings is 1. The molecule has 0 bridgehead atoms. The summed E-state index contributed by atoms with van der Waals surface area (Å²) in [6.45, 7) is 4.91. The van der Waals surface area contributed by atoms with Crippen molar-refractivity contribution in [3.05, 3.63) is 29.3 Å². The van der Waals surface area contributed by atoms with Crippen molar-refractivity contribution in [3.8, 4) is 5.75 Å². The summed E-state index contributed by atoms with van der Waals surface area (Å²) in [5.41, 5.74) is 1.47. The van der Waals surface area contributed by atoms with E-state index in [4.69, 9.17) is 0 Å². The fourth-order valence-electron chi connectivity index (χ4n) is 3.87. The summed E-state index contributed by atoms with van der Waals surface area (Å²) in [5, 5.41) is 12.5. The molecule has 1 amide bonds. The molecule has 1 saturated heterocycles. The van der Waals surface area contributed by atoms with E-state index in [2.05, 4.69) is 10.2 Å². The number of phenolic OH excluding ortho intramolecular Hbond substituents is 1. The molecule has 1 saturated carbocycles. The van der Waals surface area contributed by atoms with Crippen LogP contribution in [0.25, 0.3) is 0 Å². The first-order valence-corrected chi connectivity index (χ1v) is 8.45. The second kappa shape index (κ2) is 6.69. The summed E-state index contributed by atoms with van der Waals surface area (Å²) in [5.74, 6) is 0.746. The number of carbonyl (C=O) groups is 1. The van der Waals surface area contributed by atoms with Crippen molar-refractivity contribution in [3.63, 3.8) is 0 Å². The van der Waals surface area contributed by atoms with Crippen molar-refractivity contribution in [2.24, 2.45) is 5.92 Å². The number of hydrogen-bond acceptors (Lipinski definition) is 3. The van der Waals surface area contributed by atoms with Crippen LogP contribution in [-0.4, -0.2) is 41.6 Å². The van der Waals surface area contributed by atoms with Crippen LogP contribution < -0.4 is 5.32 Å². The number of hydrogen-bond donors (Lipinski definition) is 2. The second-order valence-corrected chi connectivity index (χ2v) is 6.80. The van der Waals surface area contributed by atoms with Crippen LogP contribution >= 0.6 is 0 Å². The topological polar surface area (TPSA) is 52.6 Å². The predicted molar refractivity (Wildman–Crippen MR) is 87.1 cm³/mol. The highest BCUT2D eigenvalue weighted by molar-refractivity contribution is 5.95. The molecular weight excluding hydrogens is 276 g/mol. The monoisotopic (exact) mass is 302 g/mol. The molecule has 1 heterocycles. The third kappa shape index (κ3) is 3.43. The van der Waals surface area contributed by atoms with Gasteiger partial charge in [0.15, 0.2) is 0 Å². The summed E-state index contributed by atoms with van der Waals surface area (Å²) < 4.78 is 0. The van der Waals surface area contributed by atoms with E-state index >= 15 is 0 Å². The van der Waals surface area contributed by atoms with Crippen molar-refractivity contribution >= 4 is 5.91 Å². The fourth-order valence-corrected chi connectivity index (χ4v) is 3.87. The van der Waals surface area contributed by atoms with Gasteiger partial charge in [0.25, 0.3) is 5.91 Å².